The van der Waals surface area contributed by atoms with E-state index in [0.717, 1.165) is 16.1 Å². The van der Waals surface area contributed by atoms with Gasteiger partial charge in [0, 0.05) is 6.54 Å². The van der Waals surface area contributed by atoms with Gasteiger partial charge < -0.3 is 19.5 Å². The van der Waals surface area contributed by atoms with E-state index in [1.165, 1.54) is 21.3 Å². The average molecular weight is 408 g/mol. The normalized spacial score (nSPS) is 10.9. The number of methoxy groups -OCH3 is 3. The minimum atomic E-state index is -3.64. The Hall–Kier alpha value is -2.94. The highest BCUT2D eigenvalue weighted by Gasteiger charge is 2.21. The summed E-state index contributed by atoms with van der Waals surface area (Å²) in [5.74, 6) is 1.29. The van der Waals surface area contributed by atoms with Crippen LogP contribution < -0.4 is 23.8 Å². The first kappa shape index (κ1) is 21.4. The molecular formula is C19H24N2O6S. The van der Waals surface area contributed by atoms with Crippen LogP contribution in [0.5, 0.6) is 17.2 Å². The first-order valence-corrected chi connectivity index (χ1v) is 10.2. The van der Waals surface area contributed by atoms with Gasteiger partial charge in [0.05, 0.1) is 33.3 Å². The number of nitrogens with zero attached hydrogens (tertiary/aromatic N) is 1. The molecule has 152 valence electrons. The molecule has 0 heterocycles. The maximum Gasteiger partial charge on any atom is 0.241 e. The smallest absolute Gasteiger partial charge is 0.241 e. The van der Waals surface area contributed by atoms with Gasteiger partial charge in [-0.2, -0.15) is 0 Å². The van der Waals surface area contributed by atoms with Crippen LogP contribution in [0, 0.1) is 0 Å². The van der Waals surface area contributed by atoms with E-state index < -0.39 is 15.9 Å². The van der Waals surface area contributed by atoms with Gasteiger partial charge in [-0.3, -0.25) is 9.10 Å². The van der Waals surface area contributed by atoms with E-state index in [1.54, 1.807) is 42.5 Å². The molecule has 0 aliphatic heterocycles. The zero-order valence-corrected chi connectivity index (χ0v) is 17.1. The van der Waals surface area contributed by atoms with E-state index >= 15 is 0 Å². The lowest BCUT2D eigenvalue weighted by atomic mass is 10.2. The van der Waals surface area contributed by atoms with Gasteiger partial charge in [0.25, 0.3) is 0 Å². The van der Waals surface area contributed by atoms with Crippen molar-refractivity contribution in [2.45, 2.75) is 6.54 Å². The molecule has 28 heavy (non-hydrogen) atoms. The number of sulfonamides is 1. The molecule has 0 atom stereocenters. The third-order valence-corrected chi connectivity index (χ3v) is 5.13. The fourth-order valence-electron chi connectivity index (χ4n) is 2.53. The van der Waals surface area contributed by atoms with Gasteiger partial charge in [-0.1, -0.05) is 6.07 Å². The molecule has 2 rings (SSSR count). The fraction of sp³-hybridized carbons (Fsp3) is 0.316. The van der Waals surface area contributed by atoms with Crippen LogP contribution in [0.1, 0.15) is 5.56 Å². The number of nitrogens with one attached hydrogen (secondary N) is 1. The molecular weight excluding hydrogens is 384 g/mol. The Bertz CT molecular complexity index is 913. The van der Waals surface area contributed by atoms with E-state index in [9.17, 15) is 13.2 Å². The van der Waals surface area contributed by atoms with E-state index in [-0.39, 0.29) is 13.1 Å². The van der Waals surface area contributed by atoms with Gasteiger partial charge in [0.2, 0.25) is 15.9 Å². The summed E-state index contributed by atoms with van der Waals surface area (Å²) in [4.78, 5) is 12.3. The second-order valence-corrected chi connectivity index (χ2v) is 7.84. The fourth-order valence-corrected chi connectivity index (χ4v) is 3.38. The minimum Gasteiger partial charge on any atom is -0.497 e. The molecule has 2 aromatic carbocycles. The molecule has 0 bridgehead atoms. The highest BCUT2D eigenvalue weighted by atomic mass is 32.2. The lowest BCUT2D eigenvalue weighted by Gasteiger charge is -2.22. The van der Waals surface area contributed by atoms with Gasteiger partial charge >= 0.3 is 0 Å². The maximum atomic E-state index is 12.3. The molecule has 0 fully saturated rings. The van der Waals surface area contributed by atoms with Crippen molar-refractivity contribution in [3.63, 3.8) is 0 Å². The minimum absolute atomic E-state index is 0.222. The van der Waals surface area contributed by atoms with Crippen molar-refractivity contribution >= 4 is 21.6 Å². The molecule has 2 aromatic rings. The predicted molar refractivity (Wildman–Crippen MR) is 107 cm³/mol. The Balaban J connectivity index is 2.07. The monoisotopic (exact) mass is 408 g/mol. The highest BCUT2D eigenvalue weighted by molar-refractivity contribution is 7.92. The molecule has 0 aliphatic carbocycles. The lowest BCUT2D eigenvalue weighted by molar-refractivity contribution is -0.119. The number of hydrogen-bond acceptors (Lipinski definition) is 6. The Morgan fingerprint density at radius 2 is 1.61 bits per heavy atom. The van der Waals surface area contributed by atoms with Gasteiger partial charge in [0.1, 0.15) is 12.3 Å². The molecule has 0 unspecified atom stereocenters. The molecule has 0 aromatic heterocycles. The molecule has 0 saturated carbocycles. The van der Waals surface area contributed by atoms with Gasteiger partial charge in [-0.15, -0.1) is 0 Å². The summed E-state index contributed by atoms with van der Waals surface area (Å²) in [6.07, 6.45) is 1.05. The van der Waals surface area contributed by atoms with Gasteiger partial charge in [-0.05, 0) is 42.0 Å². The van der Waals surface area contributed by atoms with E-state index in [2.05, 4.69) is 5.32 Å². The molecule has 8 nitrogen and oxygen atoms in total. The Morgan fingerprint density at radius 1 is 0.964 bits per heavy atom. The van der Waals surface area contributed by atoms with Crippen LogP contribution in [0.3, 0.4) is 0 Å². The molecule has 1 amide bonds. The summed E-state index contributed by atoms with van der Waals surface area (Å²) in [7, 11) is 0.945. The third-order valence-electron chi connectivity index (χ3n) is 3.99. The van der Waals surface area contributed by atoms with Crippen LogP contribution in [0.2, 0.25) is 0 Å². The van der Waals surface area contributed by atoms with Crippen molar-refractivity contribution in [2.24, 2.45) is 0 Å². The summed E-state index contributed by atoms with van der Waals surface area (Å²) in [6, 6.07) is 11.7. The number of anilines is 1. The molecule has 0 radical (unpaired) electrons. The zero-order valence-electron chi connectivity index (χ0n) is 16.3. The SMILES string of the molecule is COc1ccc(N(CC(=O)NCc2ccc(OC)c(OC)c2)S(C)(=O)=O)cc1. The molecule has 9 heteroatoms. The predicted octanol–water partition coefficient (Wildman–Crippen LogP) is 1.79. The molecule has 0 saturated heterocycles. The number of benzene rings is 2. The van der Waals surface area contributed by atoms with Crippen molar-refractivity contribution in [3.05, 3.63) is 48.0 Å². The van der Waals surface area contributed by atoms with Crippen LogP contribution in [0.15, 0.2) is 42.5 Å². The first-order valence-electron chi connectivity index (χ1n) is 8.38. The second kappa shape index (κ2) is 9.32. The summed E-state index contributed by atoms with van der Waals surface area (Å²) < 4.78 is 40.8. The summed E-state index contributed by atoms with van der Waals surface area (Å²) in [5, 5.41) is 2.72. The molecule has 1 N–H and O–H groups in total. The highest BCUT2D eigenvalue weighted by Crippen LogP contribution is 2.27. The van der Waals surface area contributed by atoms with E-state index in [0.29, 0.717) is 22.9 Å². The van der Waals surface area contributed by atoms with E-state index in [4.69, 9.17) is 14.2 Å². The number of hydrogen-bond donors (Lipinski definition) is 1. The van der Waals surface area contributed by atoms with Crippen LogP contribution in [-0.2, 0) is 21.4 Å². The van der Waals surface area contributed by atoms with Crippen molar-refractivity contribution < 1.29 is 27.4 Å². The zero-order chi connectivity index (χ0) is 20.7. The molecule has 0 spiro atoms. The summed E-state index contributed by atoms with van der Waals surface area (Å²) in [6.45, 7) is -0.113. The number of rotatable bonds is 9. The average Bonchev–Trinajstić information content (AvgIpc) is 2.69. The Morgan fingerprint density at radius 3 is 2.14 bits per heavy atom. The lowest BCUT2D eigenvalue weighted by Crippen LogP contribution is -2.40. The van der Waals surface area contributed by atoms with Crippen molar-refractivity contribution in [1.29, 1.82) is 0 Å². The Labute approximate surface area is 165 Å². The van der Waals surface area contributed by atoms with Gasteiger partial charge in [0.15, 0.2) is 11.5 Å². The number of amides is 1. The van der Waals surface area contributed by atoms with Crippen LogP contribution >= 0.6 is 0 Å². The van der Waals surface area contributed by atoms with E-state index in [1.807, 2.05) is 0 Å². The Kier molecular flexibility index (Phi) is 7.11. The molecule has 0 aliphatic rings. The third kappa shape index (κ3) is 5.53. The topological polar surface area (TPSA) is 94.2 Å². The standard InChI is InChI=1S/C19H24N2O6S/c1-25-16-8-6-15(7-9-16)21(28(4,23)24)13-19(22)20-12-14-5-10-17(26-2)18(11-14)27-3/h5-11H,12-13H2,1-4H3,(H,20,22). The van der Waals surface area contributed by atoms with Crippen molar-refractivity contribution in [1.82, 2.24) is 5.32 Å². The van der Waals surface area contributed by atoms with Crippen LogP contribution in [0.25, 0.3) is 0 Å². The number of carbonyl (C=O) groups excluding carboxylic acids is 1. The second-order valence-electron chi connectivity index (χ2n) is 5.93. The maximum absolute atomic E-state index is 12.3. The van der Waals surface area contributed by atoms with Crippen LogP contribution in [-0.4, -0.2) is 48.5 Å². The largest absolute Gasteiger partial charge is 0.497 e. The van der Waals surface area contributed by atoms with Crippen molar-refractivity contribution in [3.8, 4) is 17.2 Å². The van der Waals surface area contributed by atoms with Crippen LogP contribution in [0.4, 0.5) is 5.69 Å². The van der Waals surface area contributed by atoms with Crippen molar-refractivity contribution in [2.75, 3.05) is 38.4 Å². The van der Waals surface area contributed by atoms with Gasteiger partial charge in [-0.25, -0.2) is 8.42 Å². The number of carbonyl (C=O) groups is 1. The quantitative estimate of drug-likeness (QED) is 0.680. The first-order chi connectivity index (χ1) is 13.3. The number of ether oxygens (including phenoxy) is 3. The summed E-state index contributed by atoms with van der Waals surface area (Å²) >= 11 is 0. The summed E-state index contributed by atoms with van der Waals surface area (Å²) in [5.41, 5.74) is 1.17.